The molecule has 0 spiro atoms. The maximum atomic E-state index is 13.0. The quantitative estimate of drug-likeness (QED) is 0.0272. The van der Waals surface area contributed by atoms with Crippen molar-refractivity contribution in [3.8, 4) is 0 Å². The van der Waals surface area contributed by atoms with E-state index in [-0.39, 0.29) is 19.1 Å². The number of hydrogen-bond donors (Lipinski definition) is 2. The van der Waals surface area contributed by atoms with Gasteiger partial charge in [-0.2, -0.15) is 0 Å². The number of amides is 1. The number of aliphatic hydroxyl groups is 1. The average Bonchev–Trinajstić information content (AvgIpc) is 3.30. The van der Waals surface area contributed by atoms with E-state index in [2.05, 4.69) is 92.1 Å². The van der Waals surface area contributed by atoms with Crippen LogP contribution in [0, 0.1) is 0 Å². The number of carbonyl (C=O) groups is 1. The van der Waals surface area contributed by atoms with Crippen molar-refractivity contribution in [2.45, 2.75) is 257 Å². The molecule has 0 radical (unpaired) electrons. The lowest BCUT2D eigenvalue weighted by Gasteiger charge is -2.30. The Bertz CT molecular complexity index is 1330. The van der Waals surface area contributed by atoms with Crippen LogP contribution in [0.1, 0.15) is 245 Å². The Morgan fingerprint density at radius 2 is 0.897 bits per heavy atom. The number of aliphatic hydroxyl groups excluding tert-OH is 1. The molecule has 1 amide bonds. The molecule has 0 saturated heterocycles. The Morgan fingerprint density at radius 3 is 1.31 bits per heavy atom. The zero-order valence-electron chi connectivity index (χ0n) is 45.0. The Morgan fingerprint density at radius 1 is 0.529 bits per heavy atom. The van der Waals surface area contributed by atoms with Crippen molar-refractivity contribution in [2.24, 2.45) is 0 Å². The molecule has 0 aliphatic carbocycles. The molecular weight excluding hydrogens is 864 g/mol. The number of allylic oxidation sites excluding steroid dienone is 12. The molecule has 0 aromatic carbocycles. The number of likely N-dealkylation sites (N-methyl/N-ethyl adjacent to an activating group) is 1. The van der Waals surface area contributed by atoms with Crippen molar-refractivity contribution >= 4 is 13.7 Å². The summed E-state index contributed by atoms with van der Waals surface area (Å²) in [6.45, 7) is 4.61. The molecule has 3 atom stereocenters. The van der Waals surface area contributed by atoms with Crippen molar-refractivity contribution in [1.29, 1.82) is 0 Å². The second kappa shape index (κ2) is 49.9. The summed E-state index contributed by atoms with van der Waals surface area (Å²) in [5.41, 5.74) is 0. The SMILES string of the molecule is CC/C=C\C/C=C\C/C=C\C/C=C\C/C=C\C/C=C\CCCCCCCCCCCCCCCCC(=O)NC(COP(=O)([O-])OCC[N+](C)(C)C)C(O)CCCCCCCCCCCCCCC. The van der Waals surface area contributed by atoms with Crippen LogP contribution in [0.3, 0.4) is 0 Å². The van der Waals surface area contributed by atoms with Crippen LogP contribution in [0.2, 0.25) is 0 Å². The lowest BCUT2D eigenvalue weighted by molar-refractivity contribution is -0.870. The number of phosphoric acid groups is 1. The van der Waals surface area contributed by atoms with Gasteiger partial charge in [-0.1, -0.05) is 247 Å². The largest absolute Gasteiger partial charge is 0.756 e. The molecule has 0 heterocycles. The normalized spacial score (nSPS) is 14.5. The minimum absolute atomic E-state index is 0.0105. The highest BCUT2D eigenvalue weighted by Crippen LogP contribution is 2.38. The summed E-state index contributed by atoms with van der Waals surface area (Å²) in [5.74, 6) is -0.167. The first-order chi connectivity index (χ1) is 33.0. The molecule has 2 N–H and O–H groups in total. The zero-order valence-corrected chi connectivity index (χ0v) is 45.9. The molecule has 0 aliphatic heterocycles. The molecule has 0 bridgehead atoms. The van der Waals surface area contributed by atoms with Crippen LogP contribution in [0.25, 0.3) is 0 Å². The fourth-order valence-corrected chi connectivity index (χ4v) is 8.77. The fraction of sp³-hybridized carbons (Fsp3) is 0.780. The minimum Gasteiger partial charge on any atom is -0.756 e. The third kappa shape index (κ3) is 51.8. The molecule has 0 fully saturated rings. The van der Waals surface area contributed by atoms with Gasteiger partial charge >= 0.3 is 0 Å². The highest BCUT2D eigenvalue weighted by atomic mass is 31.2. The van der Waals surface area contributed by atoms with Crippen LogP contribution in [0.4, 0.5) is 0 Å². The van der Waals surface area contributed by atoms with Gasteiger partial charge in [0.05, 0.1) is 39.9 Å². The summed E-state index contributed by atoms with van der Waals surface area (Å²) in [4.78, 5) is 25.5. The summed E-state index contributed by atoms with van der Waals surface area (Å²) in [6.07, 6.45) is 67.9. The third-order valence-corrected chi connectivity index (χ3v) is 13.4. The fourth-order valence-electron chi connectivity index (χ4n) is 8.04. The predicted molar refractivity (Wildman–Crippen MR) is 293 cm³/mol. The number of nitrogens with zero attached hydrogens (tertiary/aromatic N) is 1. The highest BCUT2D eigenvalue weighted by Gasteiger charge is 2.24. The van der Waals surface area contributed by atoms with Crippen LogP contribution in [-0.2, 0) is 18.4 Å². The van der Waals surface area contributed by atoms with E-state index in [1.54, 1.807) is 0 Å². The van der Waals surface area contributed by atoms with E-state index in [0.29, 0.717) is 23.9 Å². The maximum absolute atomic E-state index is 13.0. The first kappa shape index (κ1) is 65.9. The van der Waals surface area contributed by atoms with Gasteiger partial charge < -0.3 is 28.8 Å². The van der Waals surface area contributed by atoms with E-state index in [4.69, 9.17) is 9.05 Å². The number of quaternary nitrogens is 1. The number of hydrogen-bond acceptors (Lipinski definition) is 6. The van der Waals surface area contributed by atoms with Crippen molar-refractivity contribution < 1.29 is 32.9 Å². The molecule has 9 heteroatoms. The van der Waals surface area contributed by atoms with Gasteiger partial charge in [-0.15, -0.1) is 0 Å². The van der Waals surface area contributed by atoms with Gasteiger partial charge in [0.25, 0.3) is 7.82 Å². The predicted octanol–water partition coefficient (Wildman–Crippen LogP) is 16.5. The summed E-state index contributed by atoms with van der Waals surface area (Å²) >= 11 is 0. The van der Waals surface area contributed by atoms with E-state index in [9.17, 15) is 19.4 Å². The van der Waals surface area contributed by atoms with E-state index >= 15 is 0 Å². The van der Waals surface area contributed by atoms with Gasteiger partial charge in [-0.25, -0.2) is 0 Å². The van der Waals surface area contributed by atoms with Crippen LogP contribution in [-0.4, -0.2) is 68.5 Å². The topological polar surface area (TPSA) is 108 Å². The van der Waals surface area contributed by atoms with Crippen molar-refractivity contribution in [2.75, 3.05) is 40.9 Å². The lowest BCUT2D eigenvalue weighted by atomic mass is 10.0. The smallest absolute Gasteiger partial charge is 0.268 e. The van der Waals surface area contributed by atoms with Gasteiger partial charge in [0.2, 0.25) is 5.91 Å². The number of phosphoric ester groups is 1. The zero-order chi connectivity index (χ0) is 49.9. The number of rotatable bonds is 51. The average molecular weight is 974 g/mol. The molecular formula is C59H109N2O6P. The van der Waals surface area contributed by atoms with Gasteiger partial charge in [0, 0.05) is 6.42 Å². The monoisotopic (exact) mass is 973 g/mol. The van der Waals surface area contributed by atoms with Crippen LogP contribution >= 0.6 is 7.82 Å². The van der Waals surface area contributed by atoms with Crippen molar-refractivity contribution in [3.63, 3.8) is 0 Å². The third-order valence-electron chi connectivity index (χ3n) is 12.5. The molecule has 0 saturated carbocycles. The molecule has 0 rings (SSSR count). The molecule has 0 aliphatic rings. The maximum Gasteiger partial charge on any atom is 0.268 e. The van der Waals surface area contributed by atoms with E-state index in [1.165, 1.54) is 141 Å². The summed E-state index contributed by atoms with van der Waals surface area (Å²) in [7, 11) is 1.30. The second-order valence-corrected chi connectivity index (χ2v) is 21.7. The van der Waals surface area contributed by atoms with Crippen molar-refractivity contribution in [1.82, 2.24) is 5.32 Å². The van der Waals surface area contributed by atoms with Gasteiger partial charge in [0.15, 0.2) is 0 Å². The molecule has 3 unspecified atom stereocenters. The molecule has 0 aromatic heterocycles. The van der Waals surface area contributed by atoms with Crippen LogP contribution < -0.4 is 10.2 Å². The number of nitrogens with one attached hydrogen (secondary N) is 1. The van der Waals surface area contributed by atoms with E-state index in [1.807, 2.05) is 21.1 Å². The Hall–Kier alpha value is -2.06. The number of carbonyl (C=O) groups excluding carboxylic acids is 1. The molecule has 396 valence electrons. The Balaban J connectivity index is 4.05. The van der Waals surface area contributed by atoms with Gasteiger partial charge in [-0.05, 0) is 64.2 Å². The Kier molecular flexibility index (Phi) is 48.4. The second-order valence-electron chi connectivity index (χ2n) is 20.3. The first-order valence-corrected chi connectivity index (χ1v) is 29.7. The summed E-state index contributed by atoms with van der Waals surface area (Å²) < 4.78 is 23.4. The summed E-state index contributed by atoms with van der Waals surface area (Å²) in [5, 5.41) is 14.0. The summed E-state index contributed by atoms with van der Waals surface area (Å²) in [6, 6.07) is -0.803. The van der Waals surface area contributed by atoms with E-state index < -0.39 is 20.0 Å². The first-order valence-electron chi connectivity index (χ1n) is 28.3. The van der Waals surface area contributed by atoms with Gasteiger partial charge in [-0.3, -0.25) is 9.36 Å². The van der Waals surface area contributed by atoms with Gasteiger partial charge in [0.1, 0.15) is 13.2 Å². The number of unbranched alkanes of at least 4 members (excludes halogenated alkanes) is 26. The molecule has 0 aromatic rings. The van der Waals surface area contributed by atoms with Crippen LogP contribution in [0.5, 0.6) is 0 Å². The minimum atomic E-state index is -4.57. The van der Waals surface area contributed by atoms with Crippen LogP contribution in [0.15, 0.2) is 72.9 Å². The van der Waals surface area contributed by atoms with Crippen molar-refractivity contribution in [3.05, 3.63) is 72.9 Å². The van der Waals surface area contributed by atoms with E-state index in [0.717, 1.165) is 77.0 Å². The lowest BCUT2D eigenvalue weighted by Crippen LogP contribution is -2.46. The molecule has 8 nitrogen and oxygen atoms in total. The Labute approximate surface area is 421 Å². The standard InChI is InChI=1S/C59H109N2O6P/c1-6-8-10-12-14-16-18-20-21-22-23-24-25-26-27-28-29-30-31-32-33-34-35-36-37-38-39-41-43-45-47-49-51-53-59(63)60-57(56-67-68(64,65)66-55-54-61(3,4)5)58(62)52-50-48-46-44-42-40-19-17-15-13-11-9-7-2/h8,10,14,16,20-21,23-24,26-27,29-30,57-58,62H,6-7,9,11-13,15,17-19,22,25,28,31-56H2,1-5H3,(H-,60,63,64,65)/b10-8-,16-14-,21-20-,24-23-,27-26-,30-29-. The molecule has 68 heavy (non-hydrogen) atoms. The highest BCUT2D eigenvalue weighted by molar-refractivity contribution is 7.45.